The summed E-state index contributed by atoms with van der Waals surface area (Å²) in [6, 6.07) is 16.7. The molecule has 3 rings (SSSR count). The summed E-state index contributed by atoms with van der Waals surface area (Å²) in [5.74, 6) is 5.58. The van der Waals surface area contributed by atoms with Gasteiger partial charge in [0.05, 0.1) is 0 Å². The molecule has 0 aliphatic rings. The third-order valence-corrected chi connectivity index (χ3v) is 3.72. The van der Waals surface area contributed by atoms with Gasteiger partial charge in [0, 0.05) is 0 Å². The Morgan fingerprint density at radius 1 is 0.773 bits per heavy atom. The zero-order valence-electron chi connectivity index (χ0n) is 12.7. The van der Waals surface area contributed by atoms with E-state index >= 15 is 0 Å². The van der Waals surface area contributed by atoms with Gasteiger partial charge in [0.2, 0.25) is 0 Å². The Bertz CT molecular complexity index is 555. The molecule has 111 valence electrons. The van der Waals surface area contributed by atoms with Gasteiger partial charge in [-0.05, 0) is 0 Å². The van der Waals surface area contributed by atoms with Crippen LogP contribution in [0, 0.1) is 19.6 Å². The summed E-state index contributed by atoms with van der Waals surface area (Å²) in [6.07, 6.45) is 0. The van der Waals surface area contributed by atoms with E-state index in [4.69, 9.17) is 0 Å². The first-order valence-corrected chi connectivity index (χ1v) is 7.63. The van der Waals surface area contributed by atoms with Gasteiger partial charge in [-0.3, -0.25) is 8.19 Å². The molecular weight excluding hydrogens is 327 g/mol. The van der Waals surface area contributed by atoms with Gasteiger partial charge in [-0.2, -0.15) is 22.7 Å². The first-order valence-electron chi connectivity index (χ1n) is 6.56. The maximum Gasteiger partial charge on any atom is 3.00 e. The molecule has 0 spiro atoms. The Hall–Kier alpha value is -1.47. The molecule has 0 fully saturated rings. The molecule has 0 saturated carbocycles. The van der Waals surface area contributed by atoms with Gasteiger partial charge in [-0.15, -0.1) is 11.5 Å². The molecule has 2 nitrogen and oxygen atoms in total. The summed E-state index contributed by atoms with van der Waals surface area (Å²) >= 11 is 0. The first kappa shape index (κ1) is 20.5. The van der Waals surface area contributed by atoms with Gasteiger partial charge in [0.15, 0.2) is 0 Å². The quantitative estimate of drug-likeness (QED) is 0.461. The van der Waals surface area contributed by atoms with Crippen LogP contribution in [-0.2, 0) is 21.7 Å². The molecule has 0 bridgehead atoms. The normalized spacial score (nSPS) is 8.82. The average molecular weight is 345 g/mol. The van der Waals surface area contributed by atoms with Crippen molar-refractivity contribution >= 4 is 8.19 Å². The molecule has 22 heavy (non-hydrogen) atoms. The predicted molar refractivity (Wildman–Crippen MR) is 86.0 cm³/mol. The zero-order chi connectivity index (χ0) is 15.5. The van der Waals surface area contributed by atoms with E-state index in [1.165, 1.54) is 35.4 Å². The number of aryl methyl sites for hydroxylation is 2. The molecule has 0 aliphatic carbocycles. The second kappa shape index (κ2) is 12.1. The number of benzene rings is 2. The van der Waals surface area contributed by atoms with Crippen molar-refractivity contribution in [3.8, 4) is 11.5 Å². The summed E-state index contributed by atoms with van der Waals surface area (Å²) in [7, 11) is 0.820. The minimum Gasteiger partial charge on any atom is -0.872 e. The Labute approximate surface area is 148 Å². The zero-order valence-corrected chi connectivity index (χ0v) is 15.2. The van der Waals surface area contributed by atoms with Crippen LogP contribution in [0.3, 0.4) is 0 Å². The Morgan fingerprint density at radius 2 is 1.18 bits per heavy atom. The first-order chi connectivity index (χ1) is 10.1. The number of rotatable bonds is 0. The van der Waals surface area contributed by atoms with Crippen molar-refractivity contribution in [2.24, 2.45) is 0 Å². The van der Waals surface area contributed by atoms with Crippen LogP contribution in [-0.4, -0.2) is 0 Å². The van der Waals surface area contributed by atoms with Crippen molar-refractivity contribution in [1.82, 2.24) is 0 Å². The molecule has 0 amide bonds. The van der Waals surface area contributed by atoms with Crippen molar-refractivity contribution in [3.05, 3.63) is 83.4 Å². The monoisotopic (exact) mass is 345 g/mol. The number of hydrogen-bond acceptors (Lipinski definition) is 2. The predicted octanol–water partition coefficient (Wildman–Crippen LogP) is 3.65. The third kappa shape index (κ3) is 9.47. The van der Waals surface area contributed by atoms with Crippen LogP contribution in [0.5, 0.6) is 11.5 Å². The van der Waals surface area contributed by atoms with Crippen LogP contribution in [0.4, 0.5) is 0 Å². The number of para-hydroxylation sites is 2. The molecule has 2 aromatic carbocycles. The fourth-order valence-electron chi connectivity index (χ4n) is 1.30. The minimum atomic E-state index is 0. The molecule has 1 radical (unpaired) electrons. The SMILES string of the molecule is Cc1[c-][pH]cc1C.[O-]c1ccccc1.[O-]c1ccccc1.[Ti+3]. The molecule has 3 aromatic rings. The molecule has 0 saturated heterocycles. The van der Waals surface area contributed by atoms with E-state index in [0.717, 1.165) is 8.19 Å². The van der Waals surface area contributed by atoms with Gasteiger partial charge in [-0.1, -0.05) is 74.5 Å². The molecule has 1 unspecified atom stereocenters. The van der Waals surface area contributed by atoms with E-state index in [2.05, 4.69) is 25.4 Å². The second-order valence-corrected chi connectivity index (χ2v) is 5.18. The molecular formula is C18H18O2PTi. The molecule has 1 aromatic heterocycles. The van der Waals surface area contributed by atoms with Crippen LogP contribution in [0.15, 0.2) is 66.5 Å². The number of hydrogen-bond donors (Lipinski definition) is 0. The van der Waals surface area contributed by atoms with Gasteiger partial charge in [0.1, 0.15) is 0 Å². The standard InChI is InChI=1S/2C6H6O.C6H8P.Ti/c2*7-6-4-2-1-3-5-6;1-5-3-7-4-6(5)2;/h2*1-5,7H;3,7H,1-2H3;/q;;-1;+3/p-2. The third-order valence-electron chi connectivity index (χ3n) is 2.63. The second-order valence-electron chi connectivity index (χ2n) is 4.35. The Morgan fingerprint density at radius 3 is 1.32 bits per heavy atom. The van der Waals surface area contributed by atoms with Crippen LogP contribution >= 0.6 is 8.19 Å². The summed E-state index contributed by atoms with van der Waals surface area (Å²) < 4.78 is 0. The van der Waals surface area contributed by atoms with Crippen LogP contribution in [0.2, 0.25) is 0 Å². The fraction of sp³-hybridized carbons (Fsp3) is 0.111. The molecule has 1 atom stereocenters. The van der Waals surface area contributed by atoms with Crippen molar-refractivity contribution in [3.63, 3.8) is 0 Å². The smallest absolute Gasteiger partial charge is 0.872 e. The van der Waals surface area contributed by atoms with E-state index in [-0.39, 0.29) is 33.2 Å². The van der Waals surface area contributed by atoms with E-state index < -0.39 is 0 Å². The van der Waals surface area contributed by atoms with Gasteiger partial charge in [-0.25, -0.2) is 0 Å². The van der Waals surface area contributed by atoms with Crippen molar-refractivity contribution < 1.29 is 31.9 Å². The van der Waals surface area contributed by atoms with E-state index in [1.54, 1.807) is 24.3 Å². The largest absolute Gasteiger partial charge is 3.00 e. The average Bonchev–Trinajstić information content (AvgIpc) is 2.86. The Balaban J connectivity index is 0.000000294. The van der Waals surface area contributed by atoms with E-state index in [9.17, 15) is 10.2 Å². The van der Waals surface area contributed by atoms with Crippen molar-refractivity contribution in [2.75, 3.05) is 0 Å². The van der Waals surface area contributed by atoms with Gasteiger partial charge in [0.25, 0.3) is 0 Å². The van der Waals surface area contributed by atoms with Crippen LogP contribution in [0.1, 0.15) is 11.1 Å². The van der Waals surface area contributed by atoms with Crippen molar-refractivity contribution in [1.29, 1.82) is 0 Å². The Kier molecular flexibility index (Phi) is 11.3. The molecule has 0 N–H and O–H groups in total. The summed E-state index contributed by atoms with van der Waals surface area (Å²) in [5.41, 5.74) is 2.73. The summed E-state index contributed by atoms with van der Waals surface area (Å²) in [6.45, 7) is 4.23. The van der Waals surface area contributed by atoms with Crippen LogP contribution in [0.25, 0.3) is 0 Å². The topological polar surface area (TPSA) is 46.1 Å². The van der Waals surface area contributed by atoms with Crippen LogP contribution < -0.4 is 10.2 Å². The molecule has 1 heterocycles. The van der Waals surface area contributed by atoms with Gasteiger partial charge < -0.3 is 10.2 Å². The van der Waals surface area contributed by atoms with E-state index in [0.29, 0.717) is 0 Å². The minimum absolute atomic E-state index is 0. The summed E-state index contributed by atoms with van der Waals surface area (Å²) in [4.78, 5) is 0. The molecule has 0 aliphatic heterocycles. The maximum atomic E-state index is 10.3. The fourth-order valence-corrected chi connectivity index (χ4v) is 2.22. The summed E-state index contributed by atoms with van der Waals surface area (Å²) in [5, 5.41) is 20.5. The van der Waals surface area contributed by atoms with E-state index in [1.807, 2.05) is 12.1 Å². The maximum absolute atomic E-state index is 10.3. The van der Waals surface area contributed by atoms with Gasteiger partial charge >= 0.3 is 21.7 Å². The molecule has 4 heteroatoms. The van der Waals surface area contributed by atoms with Crippen molar-refractivity contribution in [2.45, 2.75) is 13.8 Å².